The quantitative estimate of drug-likeness (QED) is 0.517. The molecule has 0 aliphatic heterocycles. The van der Waals surface area contributed by atoms with Gasteiger partial charge in [0, 0.05) is 0 Å². The molecule has 58 valence electrons. The van der Waals surface area contributed by atoms with Gasteiger partial charge in [0.15, 0.2) is 0 Å². The molecule has 1 N–H and O–H groups in total. The SMILES string of the molecule is O=C(F)NC(=O)c1cccs1. The third-order valence-electron chi connectivity index (χ3n) is 0.957. The maximum Gasteiger partial charge on any atom is 0.404 e. The van der Waals surface area contributed by atoms with Crippen LogP contribution in [0.5, 0.6) is 0 Å². The Labute approximate surface area is 65.8 Å². The van der Waals surface area contributed by atoms with Gasteiger partial charge in [0.25, 0.3) is 5.91 Å². The van der Waals surface area contributed by atoms with Gasteiger partial charge in [-0.2, -0.15) is 0 Å². The highest BCUT2D eigenvalue weighted by Crippen LogP contribution is 2.07. The van der Waals surface area contributed by atoms with Crippen LogP contribution in [0.25, 0.3) is 0 Å². The zero-order chi connectivity index (χ0) is 8.27. The van der Waals surface area contributed by atoms with Gasteiger partial charge in [-0.05, 0) is 11.4 Å². The lowest BCUT2D eigenvalue weighted by molar-refractivity contribution is 0.0962. The first-order chi connectivity index (χ1) is 5.20. The van der Waals surface area contributed by atoms with Gasteiger partial charge in [-0.1, -0.05) is 6.07 Å². The first-order valence-electron chi connectivity index (χ1n) is 2.74. The number of hydrogen-bond donors (Lipinski definition) is 1. The van der Waals surface area contributed by atoms with E-state index in [4.69, 9.17) is 0 Å². The molecular weight excluding hydrogens is 169 g/mol. The van der Waals surface area contributed by atoms with E-state index in [0.717, 1.165) is 11.3 Å². The van der Waals surface area contributed by atoms with Gasteiger partial charge in [-0.15, -0.1) is 15.7 Å². The predicted molar refractivity (Wildman–Crippen MR) is 38.3 cm³/mol. The number of halogens is 1. The van der Waals surface area contributed by atoms with E-state index >= 15 is 0 Å². The van der Waals surface area contributed by atoms with Gasteiger partial charge in [-0.25, -0.2) is 4.79 Å². The summed E-state index contributed by atoms with van der Waals surface area (Å²) < 4.78 is 11.6. The molecule has 0 aromatic carbocycles. The van der Waals surface area contributed by atoms with Crippen LogP contribution < -0.4 is 5.32 Å². The van der Waals surface area contributed by atoms with Gasteiger partial charge in [0.1, 0.15) is 0 Å². The minimum Gasteiger partial charge on any atom is -0.268 e. The zero-order valence-corrected chi connectivity index (χ0v) is 6.15. The van der Waals surface area contributed by atoms with Crippen molar-refractivity contribution >= 4 is 23.4 Å². The van der Waals surface area contributed by atoms with Crippen LogP contribution >= 0.6 is 11.3 Å². The molecule has 5 heteroatoms. The molecule has 0 saturated heterocycles. The number of hydrogen-bond acceptors (Lipinski definition) is 3. The summed E-state index contributed by atoms with van der Waals surface area (Å²) in [7, 11) is 0. The van der Waals surface area contributed by atoms with E-state index in [1.165, 1.54) is 11.4 Å². The second-order valence-electron chi connectivity index (χ2n) is 1.71. The van der Waals surface area contributed by atoms with Crippen LogP contribution in [-0.4, -0.2) is 12.1 Å². The Kier molecular flexibility index (Phi) is 2.32. The van der Waals surface area contributed by atoms with Crippen molar-refractivity contribution in [2.75, 3.05) is 0 Å². The maximum atomic E-state index is 11.6. The minimum atomic E-state index is -1.83. The van der Waals surface area contributed by atoms with Gasteiger partial charge < -0.3 is 0 Å². The standard InChI is InChI=1S/C6H4FNO2S/c7-6(10)8-5(9)4-2-1-3-11-4/h1-3H,(H,8,9,10). The lowest BCUT2D eigenvalue weighted by Crippen LogP contribution is -2.25. The molecule has 0 aliphatic carbocycles. The molecule has 1 heterocycles. The third-order valence-corrected chi connectivity index (χ3v) is 1.83. The van der Waals surface area contributed by atoms with Crippen molar-refractivity contribution in [3.05, 3.63) is 22.4 Å². The summed E-state index contributed by atoms with van der Waals surface area (Å²) in [5.41, 5.74) is 0. The van der Waals surface area contributed by atoms with E-state index < -0.39 is 12.1 Å². The Morgan fingerprint density at radius 1 is 1.55 bits per heavy atom. The van der Waals surface area contributed by atoms with Gasteiger partial charge in [0.05, 0.1) is 4.88 Å². The molecular formula is C6H4FNO2S. The topological polar surface area (TPSA) is 46.2 Å². The Morgan fingerprint density at radius 3 is 2.73 bits per heavy atom. The largest absolute Gasteiger partial charge is 0.404 e. The number of rotatable bonds is 1. The molecule has 0 radical (unpaired) electrons. The average molecular weight is 173 g/mol. The number of carbonyl (C=O) groups is 2. The van der Waals surface area contributed by atoms with Gasteiger partial charge >= 0.3 is 6.16 Å². The highest BCUT2D eigenvalue weighted by molar-refractivity contribution is 7.12. The number of imide groups is 1. The Morgan fingerprint density at radius 2 is 2.27 bits per heavy atom. The first-order valence-corrected chi connectivity index (χ1v) is 3.62. The summed E-state index contributed by atoms with van der Waals surface area (Å²) >= 11 is 1.14. The summed E-state index contributed by atoms with van der Waals surface area (Å²) in [5.74, 6) is -0.701. The summed E-state index contributed by atoms with van der Waals surface area (Å²) in [6, 6.07) is 3.14. The summed E-state index contributed by atoms with van der Waals surface area (Å²) in [5, 5.41) is 3.18. The van der Waals surface area contributed by atoms with Crippen molar-refractivity contribution in [3.8, 4) is 0 Å². The molecule has 0 atom stereocenters. The smallest absolute Gasteiger partial charge is 0.268 e. The molecule has 0 unspecified atom stereocenters. The van der Waals surface area contributed by atoms with Crippen LogP contribution in [0.2, 0.25) is 0 Å². The van der Waals surface area contributed by atoms with Crippen LogP contribution in [0.1, 0.15) is 9.67 Å². The first kappa shape index (κ1) is 7.87. The van der Waals surface area contributed by atoms with Crippen LogP contribution in [0.3, 0.4) is 0 Å². The van der Waals surface area contributed by atoms with Crippen LogP contribution in [-0.2, 0) is 0 Å². The molecule has 0 spiro atoms. The summed E-state index contributed by atoms with van der Waals surface area (Å²) in [6.07, 6.45) is -1.83. The van der Waals surface area contributed by atoms with Gasteiger partial charge in [-0.3, -0.25) is 10.1 Å². The second-order valence-corrected chi connectivity index (χ2v) is 2.65. The molecule has 11 heavy (non-hydrogen) atoms. The molecule has 0 saturated carbocycles. The third kappa shape index (κ3) is 2.12. The molecule has 1 rings (SSSR count). The Bertz CT molecular complexity index is 270. The molecule has 1 aromatic heterocycles. The van der Waals surface area contributed by atoms with E-state index in [9.17, 15) is 14.0 Å². The normalized spacial score (nSPS) is 9.18. The lowest BCUT2D eigenvalue weighted by Gasteiger charge is -1.92. The zero-order valence-electron chi connectivity index (χ0n) is 5.33. The molecule has 0 bridgehead atoms. The van der Waals surface area contributed by atoms with Crippen molar-refractivity contribution in [1.29, 1.82) is 0 Å². The maximum absolute atomic E-state index is 11.6. The van der Waals surface area contributed by atoms with Crippen LogP contribution in [0.15, 0.2) is 17.5 Å². The van der Waals surface area contributed by atoms with E-state index in [2.05, 4.69) is 0 Å². The predicted octanol–water partition coefficient (Wildman–Crippen LogP) is 1.57. The van der Waals surface area contributed by atoms with Crippen LogP contribution in [0.4, 0.5) is 9.18 Å². The Hall–Kier alpha value is -1.23. The average Bonchev–Trinajstić information content (AvgIpc) is 2.35. The molecule has 0 aliphatic rings. The number of carbonyl (C=O) groups excluding carboxylic acids is 2. The monoisotopic (exact) mass is 173 g/mol. The Balaban J connectivity index is 2.64. The van der Waals surface area contributed by atoms with Crippen molar-refractivity contribution in [2.45, 2.75) is 0 Å². The fourth-order valence-corrected chi connectivity index (χ4v) is 1.18. The summed E-state index contributed by atoms with van der Waals surface area (Å²) in [6.45, 7) is 0. The fraction of sp³-hybridized carbons (Fsp3) is 0. The van der Waals surface area contributed by atoms with E-state index in [-0.39, 0.29) is 0 Å². The molecule has 1 aromatic rings. The number of nitrogens with one attached hydrogen (secondary N) is 1. The van der Waals surface area contributed by atoms with Gasteiger partial charge in [0.2, 0.25) is 0 Å². The van der Waals surface area contributed by atoms with E-state index in [0.29, 0.717) is 4.88 Å². The summed E-state index contributed by atoms with van der Waals surface area (Å²) in [4.78, 5) is 20.8. The van der Waals surface area contributed by atoms with E-state index in [1.807, 2.05) is 0 Å². The van der Waals surface area contributed by atoms with Crippen molar-refractivity contribution < 1.29 is 14.0 Å². The molecule has 0 fully saturated rings. The van der Waals surface area contributed by atoms with Crippen molar-refractivity contribution in [2.24, 2.45) is 0 Å². The fourth-order valence-electron chi connectivity index (χ4n) is 0.559. The van der Waals surface area contributed by atoms with E-state index in [1.54, 1.807) is 11.4 Å². The number of amides is 2. The van der Waals surface area contributed by atoms with Crippen molar-refractivity contribution in [1.82, 2.24) is 5.32 Å². The second kappa shape index (κ2) is 3.25. The highest BCUT2D eigenvalue weighted by Gasteiger charge is 2.08. The minimum absolute atomic E-state index is 0.316. The van der Waals surface area contributed by atoms with Crippen molar-refractivity contribution in [3.63, 3.8) is 0 Å². The molecule has 2 amide bonds. The van der Waals surface area contributed by atoms with Crippen LogP contribution in [0, 0.1) is 0 Å². The highest BCUT2D eigenvalue weighted by atomic mass is 32.1. The molecule has 3 nitrogen and oxygen atoms in total. The lowest BCUT2D eigenvalue weighted by atomic mass is 10.4. The number of thiophene rings is 1.